The number of aromatic nitrogens is 2. The van der Waals surface area contributed by atoms with Gasteiger partial charge in [0.1, 0.15) is 35.4 Å². The van der Waals surface area contributed by atoms with Crippen molar-refractivity contribution < 1.29 is 98.7 Å². The van der Waals surface area contributed by atoms with Crippen molar-refractivity contribution in [2.75, 3.05) is 103 Å². The van der Waals surface area contributed by atoms with Crippen molar-refractivity contribution in [2.24, 2.45) is 4.99 Å². The molecule has 10 N–H and O–H groups in total. The number of phosphoric ester groups is 1. The predicted octanol–water partition coefficient (Wildman–Crippen LogP) is 6.15. The number of aromatic carboxylic acids is 1. The highest BCUT2D eigenvalue weighted by atomic mass is 33.1. The summed E-state index contributed by atoms with van der Waals surface area (Å²) in [6.07, 6.45) is -1.72. The Morgan fingerprint density at radius 3 is 2.20 bits per heavy atom. The highest BCUT2D eigenvalue weighted by molar-refractivity contribution is 8.77. The Balaban J connectivity index is 0.827. The molecule has 3 aromatic rings. The quantitative estimate of drug-likeness (QED) is 0.00714. The standard InChI is InChI=1S/C52H72N7O22P3S2/c1-7-54-39-26-41-37(23-32(39)3)48(38-24-33(4)40(55-8-2)27-42(38)78-41)35-10-9-34(25-36(35)50(62)63)49(61)56-13-16-73-18-20-75-22-21-74-19-17-72-15-12-46(60)57-30-52(5,6)86-85-31-76-43-28-47(59-14-11-45(53)58-51(59)64)79-44(43)29-77-83(68,69)81-84(70,71)80-82(65,66)67/h9-11,14,23-27,43-44,47,54H,7-8,12-13,15-22,28-31H2,1-6H3,(H,56,61)(H,57,60)(H,62,63)(H,68,69)(H,70,71)(H2,53,58,64)(H2,65,66,67)/t43-,44-,47-/m1/s1. The van der Waals surface area contributed by atoms with Gasteiger partial charge in [0.15, 0.2) is 0 Å². The Kier molecular flexibility index (Phi) is 26.4. The number of benzene rings is 3. The van der Waals surface area contributed by atoms with Crippen molar-refractivity contribution in [3.05, 3.63) is 92.8 Å². The van der Waals surface area contributed by atoms with Crippen LogP contribution in [0.3, 0.4) is 0 Å². The number of amides is 2. The monoisotopic (exact) mass is 1300 g/mol. The molecule has 2 amide bonds. The average molecular weight is 1300 g/mol. The van der Waals surface area contributed by atoms with E-state index in [1.165, 1.54) is 39.9 Å². The van der Waals surface area contributed by atoms with E-state index in [4.69, 9.17) is 52.9 Å². The summed E-state index contributed by atoms with van der Waals surface area (Å²) in [7, 11) is -14.3. The molecule has 6 rings (SSSR count). The van der Waals surface area contributed by atoms with Crippen LogP contribution >= 0.6 is 45.1 Å². The van der Waals surface area contributed by atoms with Gasteiger partial charge in [0.2, 0.25) is 5.91 Å². The number of carbonyl (C=O) groups excluding carboxylic acids is 2. The largest absolute Gasteiger partial charge is 0.490 e. The first-order chi connectivity index (χ1) is 40.7. The van der Waals surface area contributed by atoms with Gasteiger partial charge in [0.05, 0.1) is 76.5 Å². The molecule has 1 aliphatic carbocycles. The molecular weight excluding hydrogens is 1230 g/mol. The van der Waals surface area contributed by atoms with Gasteiger partial charge in [-0.05, 0) is 88.6 Å². The number of nitrogens with one attached hydrogen (secondary N) is 3. The molecule has 0 spiro atoms. The van der Waals surface area contributed by atoms with Crippen LogP contribution < -0.4 is 32.7 Å². The third-order valence-corrected chi connectivity index (χ3v) is 19.2. The SMILES string of the molecule is CCN=c1cc2oc3cc(NCC)c(C)cc3c(-c3ccc(C(=O)NCCOCCOCCOCCOCCC(=O)NCC(C)(C)SSCO[C@@H]4C[C@H](n5ccc(N)nc5=O)O[C@@H]4COP(=O)(O)OP(=O)(O)OP(=O)(O)O)cc3C(=O)O)c-2cc1C. The number of fused-ring (bicyclic) bond motifs is 2. The molecule has 2 unspecified atom stereocenters. The van der Waals surface area contributed by atoms with Crippen molar-refractivity contribution in [3.63, 3.8) is 0 Å². The highest BCUT2D eigenvalue weighted by Crippen LogP contribution is 2.66. The van der Waals surface area contributed by atoms with Crippen LogP contribution in [0.4, 0.5) is 11.5 Å². The van der Waals surface area contributed by atoms with Crippen LogP contribution in [0.5, 0.6) is 0 Å². The number of nitrogens with two attached hydrogens (primary N) is 1. The highest BCUT2D eigenvalue weighted by Gasteiger charge is 2.44. The van der Waals surface area contributed by atoms with E-state index >= 15 is 0 Å². The summed E-state index contributed by atoms with van der Waals surface area (Å²) < 4.78 is 88.6. The maximum atomic E-state index is 13.3. The van der Waals surface area contributed by atoms with Crippen molar-refractivity contribution in [2.45, 2.75) is 77.6 Å². The van der Waals surface area contributed by atoms with Crippen LogP contribution in [0.2, 0.25) is 0 Å². The summed E-state index contributed by atoms with van der Waals surface area (Å²) in [5.74, 6) is -1.39. The minimum atomic E-state index is -5.78. The van der Waals surface area contributed by atoms with E-state index in [-0.39, 0.29) is 94.4 Å². The zero-order valence-electron chi connectivity index (χ0n) is 48.0. The molecule has 474 valence electrons. The molecular formula is C52H72N7O22P3S2. The topological polar surface area (TPSA) is 409 Å². The maximum absolute atomic E-state index is 13.3. The fraction of sp³-hybridized carbons (Fsp3) is 0.500. The predicted molar refractivity (Wildman–Crippen MR) is 318 cm³/mol. The van der Waals surface area contributed by atoms with Gasteiger partial charge in [0.25, 0.3) is 5.91 Å². The second kappa shape index (κ2) is 32.4. The van der Waals surface area contributed by atoms with Crippen LogP contribution in [-0.2, 0) is 60.1 Å². The molecule has 0 radical (unpaired) electrons. The first-order valence-electron chi connectivity index (χ1n) is 26.9. The van der Waals surface area contributed by atoms with Gasteiger partial charge in [-0.1, -0.05) is 27.7 Å². The molecule has 1 fully saturated rings. The third kappa shape index (κ3) is 21.6. The van der Waals surface area contributed by atoms with Crippen LogP contribution in [0.15, 0.2) is 68.9 Å². The number of hydrogen-bond donors (Lipinski definition) is 9. The molecule has 1 aromatic heterocycles. The smallest absolute Gasteiger partial charge is 0.478 e. The lowest BCUT2D eigenvalue weighted by Gasteiger charge is -2.24. The van der Waals surface area contributed by atoms with Gasteiger partial charge in [-0.3, -0.25) is 23.7 Å². The molecule has 1 saturated heterocycles. The second-order valence-electron chi connectivity index (χ2n) is 19.7. The van der Waals surface area contributed by atoms with Crippen LogP contribution in [0.25, 0.3) is 33.4 Å². The van der Waals surface area contributed by atoms with Crippen LogP contribution in [0, 0.1) is 13.8 Å². The van der Waals surface area contributed by atoms with Crippen LogP contribution in [-0.4, -0.2) is 161 Å². The maximum Gasteiger partial charge on any atom is 0.490 e. The molecule has 3 heterocycles. The fourth-order valence-electron chi connectivity index (χ4n) is 8.59. The number of carboxylic acids is 1. The van der Waals surface area contributed by atoms with Crippen LogP contribution in [0.1, 0.15) is 78.6 Å². The molecule has 3 aliphatic rings. The van der Waals surface area contributed by atoms with Gasteiger partial charge in [-0.25, -0.2) is 23.3 Å². The van der Waals surface area contributed by atoms with E-state index in [2.05, 4.69) is 34.5 Å². The summed E-state index contributed by atoms with van der Waals surface area (Å²) in [5.41, 5.74) is 10.1. The van der Waals surface area contributed by atoms with Crippen molar-refractivity contribution in [3.8, 4) is 22.5 Å². The van der Waals surface area contributed by atoms with Crippen molar-refractivity contribution in [1.29, 1.82) is 0 Å². The van der Waals surface area contributed by atoms with Gasteiger partial charge < -0.3 is 79.2 Å². The van der Waals surface area contributed by atoms with E-state index in [0.29, 0.717) is 48.8 Å². The van der Waals surface area contributed by atoms with Gasteiger partial charge in [0, 0.05) is 89.9 Å². The molecule has 29 nitrogen and oxygen atoms in total. The second-order valence-corrected chi connectivity index (χ2v) is 27.0. The lowest BCUT2D eigenvalue weighted by atomic mass is 9.88. The minimum absolute atomic E-state index is 0.00356. The third-order valence-electron chi connectivity index (χ3n) is 12.5. The zero-order valence-corrected chi connectivity index (χ0v) is 52.3. The number of rotatable bonds is 36. The number of ether oxygens (including phenoxy) is 6. The number of aryl methyl sites for hydroxylation is 2. The molecule has 2 aliphatic heterocycles. The number of nitrogens with zero attached hydrogens (tertiary/aromatic N) is 3. The van der Waals surface area contributed by atoms with Gasteiger partial charge in [-0.2, -0.15) is 13.6 Å². The Bertz CT molecular complexity index is 3400. The molecule has 5 atom stereocenters. The van der Waals surface area contributed by atoms with E-state index in [1.807, 2.05) is 65.8 Å². The first-order valence-corrected chi connectivity index (χ1v) is 33.7. The average Bonchev–Trinajstić information content (AvgIpc) is 1.01. The molecule has 0 saturated carbocycles. The molecule has 0 bridgehead atoms. The van der Waals surface area contributed by atoms with E-state index in [1.54, 1.807) is 12.1 Å². The lowest BCUT2D eigenvalue weighted by Crippen LogP contribution is -2.36. The summed E-state index contributed by atoms with van der Waals surface area (Å²) >= 11 is 0. The molecule has 86 heavy (non-hydrogen) atoms. The van der Waals surface area contributed by atoms with E-state index in [9.17, 15) is 47.8 Å². The number of anilines is 2. The van der Waals surface area contributed by atoms with Crippen molar-refractivity contribution in [1.82, 2.24) is 20.2 Å². The fourth-order valence-corrected chi connectivity index (χ4v) is 13.8. The molecule has 2 aromatic carbocycles. The number of carbonyl (C=O) groups is 3. The van der Waals surface area contributed by atoms with Gasteiger partial charge in [-0.15, -0.1) is 0 Å². The van der Waals surface area contributed by atoms with Gasteiger partial charge >= 0.3 is 35.1 Å². The number of phosphoric acid groups is 3. The van der Waals surface area contributed by atoms with E-state index in [0.717, 1.165) is 37.7 Å². The number of hydrogen-bond acceptors (Lipinski definition) is 23. The van der Waals surface area contributed by atoms with E-state index < -0.39 is 70.8 Å². The number of carboxylic acid groups (broad SMARTS) is 1. The summed E-state index contributed by atoms with van der Waals surface area (Å²) in [4.78, 5) is 96.6. The number of nitrogen functional groups attached to an aromatic ring is 1. The Morgan fingerprint density at radius 1 is 0.860 bits per heavy atom. The normalized spacial score (nSPS) is 17.2. The summed E-state index contributed by atoms with van der Waals surface area (Å²) in [6.45, 7) is 14.5. The summed E-state index contributed by atoms with van der Waals surface area (Å²) in [6, 6.07) is 13.7. The Labute approximate surface area is 502 Å². The zero-order chi connectivity index (χ0) is 62.8. The van der Waals surface area contributed by atoms with Crippen molar-refractivity contribution >= 4 is 85.3 Å². The minimum Gasteiger partial charge on any atom is -0.478 e. The Hall–Kier alpha value is -5.11. The lowest BCUT2D eigenvalue weighted by molar-refractivity contribution is -0.122. The first kappa shape index (κ1) is 70.0. The summed E-state index contributed by atoms with van der Waals surface area (Å²) in [5, 5.41) is 21.0. The molecule has 34 heteroatoms. The Morgan fingerprint density at radius 2 is 1.55 bits per heavy atom.